The zero-order valence-corrected chi connectivity index (χ0v) is 9.75. The number of rotatable bonds is 6. The van der Waals surface area contributed by atoms with E-state index in [1.54, 1.807) is 0 Å². The summed E-state index contributed by atoms with van der Waals surface area (Å²) >= 11 is 0. The predicted molar refractivity (Wildman–Crippen MR) is 57.8 cm³/mol. The van der Waals surface area contributed by atoms with Crippen molar-refractivity contribution in [3.63, 3.8) is 0 Å². The van der Waals surface area contributed by atoms with Gasteiger partial charge in [-0.3, -0.25) is 4.90 Å². The number of nitrogens with zero attached hydrogens (tertiary/aromatic N) is 1. The van der Waals surface area contributed by atoms with Crippen LogP contribution in [0.25, 0.3) is 0 Å². The quantitative estimate of drug-likeness (QED) is 0.688. The van der Waals surface area contributed by atoms with Crippen LogP contribution in [0.4, 0.5) is 0 Å². The molecule has 0 rings (SSSR count). The van der Waals surface area contributed by atoms with Gasteiger partial charge in [-0.15, -0.1) is 0 Å². The van der Waals surface area contributed by atoms with Crippen molar-refractivity contribution in [3.05, 3.63) is 0 Å². The van der Waals surface area contributed by atoms with Crippen molar-refractivity contribution in [1.82, 2.24) is 4.90 Å². The second-order valence-electron chi connectivity index (χ2n) is 4.40. The first-order valence-corrected chi connectivity index (χ1v) is 5.41. The van der Waals surface area contributed by atoms with Gasteiger partial charge < -0.3 is 5.11 Å². The Labute approximate surface area is 82.9 Å². The molecule has 0 heterocycles. The number of hydrogen-bond donors (Lipinski definition) is 1. The van der Waals surface area contributed by atoms with Gasteiger partial charge >= 0.3 is 0 Å². The van der Waals surface area contributed by atoms with Crippen LogP contribution >= 0.6 is 0 Å². The van der Waals surface area contributed by atoms with E-state index in [2.05, 4.69) is 39.5 Å². The van der Waals surface area contributed by atoms with E-state index in [-0.39, 0.29) is 6.10 Å². The lowest BCUT2D eigenvalue weighted by molar-refractivity contribution is 0.0636. The fourth-order valence-corrected chi connectivity index (χ4v) is 1.30. The summed E-state index contributed by atoms with van der Waals surface area (Å²) in [4.78, 5) is 2.34. The van der Waals surface area contributed by atoms with Gasteiger partial charge in [0, 0.05) is 12.6 Å². The van der Waals surface area contributed by atoms with Crippen molar-refractivity contribution in [2.24, 2.45) is 5.92 Å². The molecule has 0 aromatic heterocycles. The molecular weight excluding hydrogens is 162 g/mol. The first-order chi connectivity index (χ1) is 5.99. The number of aliphatic hydroxyl groups is 1. The maximum absolute atomic E-state index is 9.73. The molecule has 0 aromatic carbocycles. The Hall–Kier alpha value is -0.0800. The van der Waals surface area contributed by atoms with Gasteiger partial charge in [0.25, 0.3) is 0 Å². The van der Waals surface area contributed by atoms with Gasteiger partial charge in [-0.2, -0.15) is 0 Å². The van der Waals surface area contributed by atoms with Crippen LogP contribution in [0.2, 0.25) is 0 Å². The number of aliphatic hydroxyl groups excluding tert-OH is 1. The summed E-state index contributed by atoms with van der Waals surface area (Å²) in [5.74, 6) is 0.359. The fourth-order valence-electron chi connectivity index (χ4n) is 1.30. The smallest absolute Gasteiger partial charge is 0.0690 e. The third-order valence-corrected chi connectivity index (χ3v) is 2.43. The standard InChI is InChI=1S/C11H25NO/c1-6-7-12(10(4)5)8-11(13)9(2)3/h9-11,13H,6-8H2,1-5H3. The van der Waals surface area contributed by atoms with Gasteiger partial charge in [-0.25, -0.2) is 0 Å². The first-order valence-electron chi connectivity index (χ1n) is 5.41. The molecule has 0 fully saturated rings. The monoisotopic (exact) mass is 187 g/mol. The molecule has 0 radical (unpaired) electrons. The van der Waals surface area contributed by atoms with Crippen LogP contribution in [0, 0.1) is 5.92 Å². The molecular formula is C11H25NO. The van der Waals surface area contributed by atoms with Crippen molar-refractivity contribution in [1.29, 1.82) is 0 Å². The summed E-state index contributed by atoms with van der Waals surface area (Å²) in [6.45, 7) is 12.6. The molecule has 1 N–H and O–H groups in total. The van der Waals surface area contributed by atoms with E-state index in [0.717, 1.165) is 19.5 Å². The van der Waals surface area contributed by atoms with Crippen LogP contribution in [0.1, 0.15) is 41.0 Å². The van der Waals surface area contributed by atoms with E-state index in [4.69, 9.17) is 0 Å². The second kappa shape index (κ2) is 6.39. The topological polar surface area (TPSA) is 23.5 Å². The van der Waals surface area contributed by atoms with Crippen molar-refractivity contribution >= 4 is 0 Å². The van der Waals surface area contributed by atoms with E-state index in [9.17, 15) is 5.11 Å². The highest BCUT2D eigenvalue weighted by atomic mass is 16.3. The Morgan fingerprint density at radius 2 is 1.69 bits per heavy atom. The molecule has 0 amide bonds. The Balaban J connectivity index is 3.94. The molecule has 2 heteroatoms. The van der Waals surface area contributed by atoms with Crippen molar-refractivity contribution in [2.75, 3.05) is 13.1 Å². The molecule has 1 atom stereocenters. The van der Waals surface area contributed by atoms with Crippen molar-refractivity contribution < 1.29 is 5.11 Å². The summed E-state index contributed by atoms with van der Waals surface area (Å²) in [7, 11) is 0. The van der Waals surface area contributed by atoms with Crippen LogP contribution in [0.5, 0.6) is 0 Å². The van der Waals surface area contributed by atoms with Gasteiger partial charge in [0.2, 0.25) is 0 Å². The summed E-state index contributed by atoms with van der Waals surface area (Å²) < 4.78 is 0. The first kappa shape index (κ1) is 12.9. The zero-order chi connectivity index (χ0) is 10.4. The fraction of sp³-hybridized carbons (Fsp3) is 1.00. The molecule has 1 unspecified atom stereocenters. The van der Waals surface area contributed by atoms with Crippen LogP contribution in [-0.4, -0.2) is 35.2 Å². The molecule has 0 aliphatic rings. The molecule has 0 aliphatic carbocycles. The predicted octanol–water partition coefficient (Wildman–Crippen LogP) is 2.12. The highest BCUT2D eigenvalue weighted by Gasteiger charge is 2.15. The van der Waals surface area contributed by atoms with E-state index in [1.165, 1.54) is 0 Å². The summed E-state index contributed by atoms with van der Waals surface area (Å²) in [6, 6.07) is 0.536. The molecule has 0 aliphatic heterocycles. The van der Waals surface area contributed by atoms with Gasteiger partial charge in [0.15, 0.2) is 0 Å². The molecule has 0 saturated heterocycles. The molecule has 80 valence electrons. The Morgan fingerprint density at radius 1 is 1.15 bits per heavy atom. The van der Waals surface area contributed by atoms with Gasteiger partial charge in [-0.05, 0) is 32.7 Å². The SMILES string of the molecule is CCCN(CC(O)C(C)C)C(C)C. The van der Waals surface area contributed by atoms with Crippen LogP contribution < -0.4 is 0 Å². The Bertz CT molecular complexity index is 123. The lowest BCUT2D eigenvalue weighted by Crippen LogP contribution is -2.39. The summed E-state index contributed by atoms with van der Waals surface area (Å²) in [6.07, 6.45) is 0.970. The summed E-state index contributed by atoms with van der Waals surface area (Å²) in [5, 5.41) is 9.73. The largest absolute Gasteiger partial charge is 0.392 e. The van der Waals surface area contributed by atoms with Gasteiger partial charge in [-0.1, -0.05) is 20.8 Å². The molecule has 2 nitrogen and oxygen atoms in total. The summed E-state index contributed by atoms with van der Waals surface area (Å²) in [5.41, 5.74) is 0. The van der Waals surface area contributed by atoms with E-state index in [0.29, 0.717) is 12.0 Å². The molecule has 0 bridgehead atoms. The van der Waals surface area contributed by atoms with Crippen LogP contribution in [0.15, 0.2) is 0 Å². The van der Waals surface area contributed by atoms with Crippen LogP contribution in [-0.2, 0) is 0 Å². The third kappa shape index (κ3) is 5.27. The minimum absolute atomic E-state index is 0.186. The van der Waals surface area contributed by atoms with Crippen LogP contribution in [0.3, 0.4) is 0 Å². The molecule has 0 spiro atoms. The van der Waals surface area contributed by atoms with Gasteiger partial charge in [0.05, 0.1) is 6.10 Å². The lowest BCUT2D eigenvalue weighted by atomic mass is 10.1. The minimum atomic E-state index is -0.186. The van der Waals surface area contributed by atoms with Gasteiger partial charge in [0.1, 0.15) is 0 Å². The average Bonchev–Trinajstić information content (AvgIpc) is 2.03. The highest BCUT2D eigenvalue weighted by Crippen LogP contribution is 2.07. The second-order valence-corrected chi connectivity index (χ2v) is 4.40. The zero-order valence-electron chi connectivity index (χ0n) is 9.75. The van der Waals surface area contributed by atoms with E-state index < -0.39 is 0 Å². The Kier molecular flexibility index (Phi) is 6.35. The highest BCUT2D eigenvalue weighted by molar-refractivity contribution is 4.69. The maximum atomic E-state index is 9.73. The van der Waals surface area contributed by atoms with E-state index >= 15 is 0 Å². The minimum Gasteiger partial charge on any atom is -0.392 e. The molecule has 13 heavy (non-hydrogen) atoms. The third-order valence-electron chi connectivity index (χ3n) is 2.43. The maximum Gasteiger partial charge on any atom is 0.0690 e. The number of hydrogen-bond acceptors (Lipinski definition) is 2. The normalized spacial score (nSPS) is 14.5. The van der Waals surface area contributed by atoms with E-state index in [1.807, 2.05) is 0 Å². The average molecular weight is 187 g/mol. The van der Waals surface area contributed by atoms with Crippen molar-refractivity contribution in [2.45, 2.75) is 53.2 Å². The Morgan fingerprint density at radius 3 is 2.00 bits per heavy atom. The molecule has 0 saturated carbocycles. The van der Waals surface area contributed by atoms with Crippen molar-refractivity contribution in [3.8, 4) is 0 Å². The lowest BCUT2D eigenvalue weighted by Gasteiger charge is -2.29. The molecule has 0 aromatic rings.